The van der Waals surface area contributed by atoms with Crippen molar-refractivity contribution in [3.8, 4) is 0 Å². The van der Waals surface area contributed by atoms with Crippen molar-refractivity contribution in [1.29, 1.82) is 0 Å². The number of nitro groups is 1. The van der Waals surface area contributed by atoms with E-state index in [0.29, 0.717) is 18.1 Å². The predicted octanol–water partition coefficient (Wildman–Crippen LogP) is 3.37. The molecular weight excluding hydrogens is 342 g/mol. The van der Waals surface area contributed by atoms with E-state index in [-0.39, 0.29) is 17.2 Å². The molecule has 27 heavy (non-hydrogen) atoms. The number of H-pyrrole nitrogens is 1. The number of para-hydroxylation sites is 2. The number of hydrogen-bond acceptors (Lipinski definition) is 3. The Morgan fingerprint density at radius 1 is 1.11 bits per heavy atom. The monoisotopic (exact) mass is 365 g/mol. The van der Waals surface area contributed by atoms with Crippen LogP contribution in [0.3, 0.4) is 0 Å². The molecule has 140 valence electrons. The molecule has 0 bridgehead atoms. The SMILES string of the molecule is CCNC(=NCc1ccccc1[N+](=O)[O-])NCCc1c[nH]c2ccccc12. The summed E-state index contributed by atoms with van der Waals surface area (Å²) in [6, 6.07) is 14.9. The van der Waals surface area contributed by atoms with Crippen LogP contribution in [0.15, 0.2) is 59.7 Å². The van der Waals surface area contributed by atoms with Crippen LogP contribution >= 0.6 is 0 Å². The predicted molar refractivity (Wildman–Crippen MR) is 108 cm³/mol. The molecule has 0 aliphatic rings. The number of aromatic amines is 1. The molecule has 1 aromatic heterocycles. The summed E-state index contributed by atoms with van der Waals surface area (Å²) in [5, 5.41) is 18.8. The van der Waals surface area contributed by atoms with E-state index >= 15 is 0 Å². The molecule has 0 spiro atoms. The van der Waals surface area contributed by atoms with Crippen molar-refractivity contribution in [1.82, 2.24) is 15.6 Å². The van der Waals surface area contributed by atoms with Gasteiger partial charge in [-0.05, 0) is 25.0 Å². The molecular formula is C20H23N5O2. The molecule has 2 aromatic carbocycles. The topological polar surface area (TPSA) is 95.3 Å². The number of nitro benzene ring substituents is 1. The third-order valence-electron chi connectivity index (χ3n) is 4.30. The van der Waals surface area contributed by atoms with E-state index in [2.05, 4.69) is 32.7 Å². The Kier molecular flexibility index (Phi) is 6.04. The van der Waals surface area contributed by atoms with Crippen molar-refractivity contribution in [3.63, 3.8) is 0 Å². The first-order chi connectivity index (χ1) is 13.2. The quantitative estimate of drug-likeness (QED) is 0.259. The van der Waals surface area contributed by atoms with Gasteiger partial charge in [-0.3, -0.25) is 10.1 Å². The first-order valence-electron chi connectivity index (χ1n) is 8.98. The molecule has 0 aliphatic carbocycles. The smallest absolute Gasteiger partial charge is 0.274 e. The number of rotatable bonds is 7. The Balaban J connectivity index is 1.64. The lowest BCUT2D eigenvalue weighted by Gasteiger charge is -2.11. The van der Waals surface area contributed by atoms with Gasteiger partial charge in [-0.1, -0.05) is 36.4 Å². The van der Waals surface area contributed by atoms with Gasteiger partial charge >= 0.3 is 0 Å². The molecule has 0 atom stereocenters. The summed E-state index contributed by atoms with van der Waals surface area (Å²) in [6.45, 7) is 3.67. The highest BCUT2D eigenvalue weighted by atomic mass is 16.6. The molecule has 1 heterocycles. The Labute approximate surface area is 157 Å². The number of guanidine groups is 1. The molecule has 0 amide bonds. The average molecular weight is 365 g/mol. The summed E-state index contributed by atoms with van der Waals surface area (Å²) in [4.78, 5) is 18.5. The minimum Gasteiger partial charge on any atom is -0.361 e. The van der Waals surface area contributed by atoms with Gasteiger partial charge in [0.2, 0.25) is 0 Å². The first-order valence-corrected chi connectivity index (χ1v) is 8.98. The van der Waals surface area contributed by atoms with E-state index < -0.39 is 0 Å². The van der Waals surface area contributed by atoms with Crippen LogP contribution < -0.4 is 10.6 Å². The Hall–Kier alpha value is -3.35. The molecule has 0 saturated carbocycles. The number of aliphatic imine (C=N–C) groups is 1. The van der Waals surface area contributed by atoms with Crippen LogP contribution in [-0.2, 0) is 13.0 Å². The van der Waals surface area contributed by atoms with Gasteiger partial charge in [0.25, 0.3) is 5.69 Å². The third-order valence-corrected chi connectivity index (χ3v) is 4.30. The van der Waals surface area contributed by atoms with Crippen molar-refractivity contribution in [2.24, 2.45) is 4.99 Å². The van der Waals surface area contributed by atoms with Gasteiger partial charge in [-0.2, -0.15) is 0 Å². The highest BCUT2D eigenvalue weighted by Crippen LogP contribution is 2.19. The van der Waals surface area contributed by atoms with E-state index in [0.717, 1.165) is 18.5 Å². The van der Waals surface area contributed by atoms with Crippen LogP contribution in [0.4, 0.5) is 5.69 Å². The Morgan fingerprint density at radius 3 is 2.70 bits per heavy atom. The van der Waals surface area contributed by atoms with Crippen LogP contribution in [0.5, 0.6) is 0 Å². The molecule has 7 heteroatoms. The molecule has 3 aromatic rings. The number of fused-ring (bicyclic) bond motifs is 1. The van der Waals surface area contributed by atoms with E-state index in [9.17, 15) is 10.1 Å². The second-order valence-corrected chi connectivity index (χ2v) is 6.12. The van der Waals surface area contributed by atoms with Crippen LogP contribution in [0.2, 0.25) is 0 Å². The van der Waals surface area contributed by atoms with Crippen molar-refractivity contribution in [2.75, 3.05) is 13.1 Å². The van der Waals surface area contributed by atoms with Crippen molar-refractivity contribution < 1.29 is 4.92 Å². The zero-order valence-electron chi connectivity index (χ0n) is 15.2. The third kappa shape index (κ3) is 4.63. The molecule has 3 N–H and O–H groups in total. The zero-order chi connectivity index (χ0) is 19.1. The zero-order valence-corrected chi connectivity index (χ0v) is 15.2. The van der Waals surface area contributed by atoms with E-state index in [4.69, 9.17) is 0 Å². The highest BCUT2D eigenvalue weighted by molar-refractivity contribution is 5.83. The maximum Gasteiger partial charge on any atom is 0.274 e. The lowest BCUT2D eigenvalue weighted by molar-refractivity contribution is -0.385. The van der Waals surface area contributed by atoms with Crippen LogP contribution in [-0.4, -0.2) is 29.0 Å². The molecule has 0 aliphatic heterocycles. The Bertz CT molecular complexity index is 948. The van der Waals surface area contributed by atoms with Crippen molar-refractivity contribution >= 4 is 22.5 Å². The fourth-order valence-electron chi connectivity index (χ4n) is 2.98. The van der Waals surface area contributed by atoms with Gasteiger partial charge in [0.05, 0.1) is 17.0 Å². The number of benzene rings is 2. The van der Waals surface area contributed by atoms with Gasteiger partial charge in [-0.25, -0.2) is 4.99 Å². The maximum absolute atomic E-state index is 11.1. The molecule has 0 fully saturated rings. The lowest BCUT2D eigenvalue weighted by Crippen LogP contribution is -2.38. The largest absolute Gasteiger partial charge is 0.361 e. The van der Waals surface area contributed by atoms with Gasteiger partial charge < -0.3 is 15.6 Å². The van der Waals surface area contributed by atoms with E-state index in [1.54, 1.807) is 18.2 Å². The fourth-order valence-corrected chi connectivity index (χ4v) is 2.98. The molecule has 0 radical (unpaired) electrons. The highest BCUT2D eigenvalue weighted by Gasteiger charge is 2.11. The normalized spacial score (nSPS) is 11.5. The summed E-state index contributed by atoms with van der Waals surface area (Å²) < 4.78 is 0. The lowest BCUT2D eigenvalue weighted by atomic mass is 10.1. The average Bonchev–Trinajstić information content (AvgIpc) is 3.09. The number of aromatic nitrogens is 1. The minimum atomic E-state index is -0.373. The molecule has 0 saturated heterocycles. The molecule has 3 rings (SSSR count). The van der Waals surface area contributed by atoms with Crippen LogP contribution in [0, 0.1) is 10.1 Å². The summed E-state index contributed by atoms with van der Waals surface area (Å²) in [7, 11) is 0. The van der Waals surface area contributed by atoms with Crippen molar-refractivity contribution in [3.05, 3.63) is 76.0 Å². The van der Waals surface area contributed by atoms with Crippen molar-refractivity contribution in [2.45, 2.75) is 19.9 Å². The van der Waals surface area contributed by atoms with E-state index in [1.165, 1.54) is 17.0 Å². The summed E-state index contributed by atoms with van der Waals surface area (Å²) >= 11 is 0. The number of nitrogens with one attached hydrogen (secondary N) is 3. The summed E-state index contributed by atoms with van der Waals surface area (Å²) in [5.74, 6) is 0.649. The minimum absolute atomic E-state index is 0.0934. The molecule has 0 unspecified atom stereocenters. The van der Waals surface area contributed by atoms with E-state index in [1.807, 2.05) is 25.3 Å². The standard InChI is InChI=1S/C20H23N5O2/c1-2-21-20(24-14-16-7-3-6-10-19(16)25(26)27)22-12-11-15-13-23-18-9-5-4-8-17(15)18/h3-10,13,23H,2,11-12,14H2,1H3,(H2,21,22,24). The van der Waals surface area contributed by atoms with Crippen LogP contribution in [0.25, 0.3) is 10.9 Å². The summed E-state index contributed by atoms with van der Waals surface area (Å²) in [5.41, 5.74) is 3.06. The second-order valence-electron chi connectivity index (χ2n) is 6.12. The van der Waals surface area contributed by atoms with Gasteiger partial charge in [-0.15, -0.1) is 0 Å². The second kappa shape index (κ2) is 8.84. The first kappa shape index (κ1) is 18.4. The van der Waals surface area contributed by atoms with Gasteiger partial charge in [0.15, 0.2) is 5.96 Å². The summed E-state index contributed by atoms with van der Waals surface area (Å²) in [6.07, 6.45) is 2.88. The number of hydrogen-bond donors (Lipinski definition) is 3. The fraction of sp³-hybridized carbons (Fsp3) is 0.250. The number of nitrogens with zero attached hydrogens (tertiary/aromatic N) is 2. The van der Waals surface area contributed by atoms with Gasteiger partial charge in [0.1, 0.15) is 0 Å². The van der Waals surface area contributed by atoms with Gasteiger partial charge in [0, 0.05) is 36.3 Å². The van der Waals surface area contributed by atoms with Crippen LogP contribution in [0.1, 0.15) is 18.1 Å². The molecule has 7 nitrogen and oxygen atoms in total. The maximum atomic E-state index is 11.1. The Morgan fingerprint density at radius 2 is 1.89 bits per heavy atom.